The molecule has 2 N–H and O–H groups in total. The SMILES string of the molecule is C1CCCCCCC2CCC[NH+](CCCCCCCCCCCCCC3CCC[NH+](CCCCCC1)C3)C2. The van der Waals surface area contributed by atoms with Gasteiger partial charge in [0.1, 0.15) is 0 Å². The van der Waals surface area contributed by atoms with Crippen LogP contribution in [-0.4, -0.2) is 39.3 Å². The maximum Gasteiger partial charge on any atom is 0.0799 e. The van der Waals surface area contributed by atoms with E-state index in [0.717, 1.165) is 11.8 Å². The molecule has 3 rings (SSSR count). The second kappa shape index (κ2) is 22.6. The van der Waals surface area contributed by atoms with E-state index >= 15 is 0 Å². The normalized spacial score (nSPS) is 32.8. The number of nitrogens with one attached hydrogen (secondary N) is 2. The van der Waals surface area contributed by atoms with Crippen LogP contribution in [0.1, 0.15) is 180 Å². The zero-order valence-corrected chi connectivity index (χ0v) is 26.2. The average Bonchev–Trinajstić information content (AvgIpc) is 2.94. The van der Waals surface area contributed by atoms with Crippen molar-refractivity contribution in [3.63, 3.8) is 0 Å². The molecule has 2 nitrogen and oxygen atoms in total. The first-order chi connectivity index (χ1) is 18.9. The van der Waals surface area contributed by atoms with Crippen molar-refractivity contribution in [1.82, 2.24) is 0 Å². The average molecular weight is 533 g/mol. The Morgan fingerprint density at radius 3 is 0.816 bits per heavy atom. The lowest BCUT2D eigenvalue weighted by atomic mass is 9.92. The molecule has 0 aromatic heterocycles. The lowest BCUT2D eigenvalue weighted by Gasteiger charge is -2.30. The monoisotopic (exact) mass is 533 g/mol. The number of piperidine rings is 2. The Morgan fingerprint density at radius 2 is 0.474 bits per heavy atom. The van der Waals surface area contributed by atoms with E-state index in [1.807, 2.05) is 9.80 Å². The minimum atomic E-state index is 1.05. The Hall–Kier alpha value is -0.0800. The van der Waals surface area contributed by atoms with Crippen LogP contribution in [0.3, 0.4) is 0 Å². The van der Waals surface area contributed by atoms with Gasteiger partial charge in [0.15, 0.2) is 0 Å². The lowest BCUT2D eigenvalue weighted by Crippen LogP contribution is -3.13. The third-order valence-corrected chi connectivity index (χ3v) is 10.7. The van der Waals surface area contributed by atoms with Crippen LogP contribution >= 0.6 is 0 Å². The quantitative estimate of drug-likeness (QED) is 0.313. The molecule has 4 unspecified atom stereocenters. The summed E-state index contributed by atoms with van der Waals surface area (Å²) < 4.78 is 0. The molecule has 3 fully saturated rings. The Kier molecular flexibility index (Phi) is 19.3. The molecule has 3 aliphatic rings. The predicted octanol–water partition coefficient (Wildman–Crippen LogP) is 7.95. The van der Waals surface area contributed by atoms with E-state index in [4.69, 9.17) is 0 Å². The van der Waals surface area contributed by atoms with Crippen LogP contribution in [-0.2, 0) is 0 Å². The molecule has 3 aliphatic heterocycles. The van der Waals surface area contributed by atoms with Crippen molar-refractivity contribution in [2.75, 3.05) is 39.3 Å². The van der Waals surface area contributed by atoms with Gasteiger partial charge < -0.3 is 9.80 Å². The number of quaternary nitrogens is 2. The highest BCUT2D eigenvalue weighted by atomic mass is 15.1. The molecular formula is C36H72N2+2. The van der Waals surface area contributed by atoms with Gasteiger partial charge in [0.2, 0.25) is 0 Å². The second-order valence-electron chi connectivity index (χ2n) is 14.3. The standard InChI is InChI=1S/C36H70N2/c1-3-7-11-15-19-25-35-27-23-32-38(33-35)30-22-18-14-10-6-2-4-8-12-16-20-26-36-28-24-31-37(34-36)29-21-17-13-9-5-1/h35-36H,1-34H2/p+2. The summed E-state index contributed by atoms with van der Waals surface area (Å²) in [6, 6.07) is 0. The Morgan fingerprint density at radius 1 is 0.237 bits per heavy atom. The molecule has 4 bridgehead atoms. The van der Waals surface area contributed by atoms with E-state index in [2.05, 4.69) is 0 Å². The molecule has 3 saturated heterocycles. The van der Waals surface area contributed by atoms with Crippen molar-refractivity contribution in [3.8, 4) is 0 Å². The van der Waals surface area contributed by atoms with Gasteiger partial charge in [0.25, 0.3) is 0 Å². The summed E-state index contributed by atoms with van der Waals surface area (Å²) in [5.41, 5.74) is 0. The fourth-order valence-electron chi connectivity index (χ4n) is 8.25. The number of fused-ring (bicyclic) bond motifs is 4. The highest BCUT2D eigenvalue weighted by molar-refractivity contribution is 4.64. The van der Waals surface area contributed by atoms with Crippen LogP contribution in [0.15, 0.2) is 0 Å². The van der Waals surface area contributed by atoms with E-state index in [9.17, 15) is 0 Å². The minimum absolute atomic E-state index is 1.05. The van der Waals surface area contributed by atoms with Gasteiger partial charge in [-0.15, -0.1) is 0 Å². The van der Waals surface area contributed by atoms with Gasteiger partial charge in [-0.25, -0.2) is 0 Å². The Bertz CT molecular complexity index is 433. The molecule has 224 valence electrons. The molecule has 0 saturated carbocycles. The summed E-state index contributed by atoms with van der Waals surface area (Å²) in [6.07, 6.45) is 42.1. The van der Waals surface area contributed by atoms with E-state index in [1.54, 1.807) is 0 Å². The first kappa shape index (κ1) is 32.4. The van der Waals surface area contributed by atoms with Gasteiger partial charge in [-0.3, -0.25) is 0 Å². The van der Waals surface area contributed by atoms with Gasteiger partial charge in [0, 0.05) is 11.8 Å². The van der Waals surface area contributed by atoms with Crippen LogP contribution in [0.2, 0.25) is 0 Å². The van der Waals surface area contributed by atoms with Gasteiger partial charge >= 0.3 is 0 Å². The molecule has 0 aliphatic carbocycles. The second-order valence-corrected chi connectivity index (χ2v) is 14.3. The van der Waals surface area contributed by atoms with Crippen molar-refractivity contribution in [1.29, 1.82) is 0 Å². The topological polar surface area (TPSA) is 8.88 Å². The maximum absolute atomic E-state index is 1.95. The zero-order valence-electron chi connectivity index (χ0n) is 26.2. The van der Waals surface area contributed by atoms with E-state index < -0.39 is 0 Å². The van der Waals surface area contributed by atoms with Gasteiger partial charge in [0.05, 0.1) is 39.3 Å². The number of hydrogen-bond acceptors (Lipinski definition) is 0. The first-order valence-corrected chi connectivity index (χ1v) is 18.6. The molecule has 2 heteroatoms. The third-order valence-electron chi connectivity index (χ3n) is 10.7. The van der Waals surface area contributed by atoms with Crippen molar-refractivity contribution in [2.24, 2.45) is 11.8 Å². The van der Waals surface area contributed by atoms with Crippen molar-refractivity contribution < 1.29 is 9.80 Å². The molecular weight excluding hydrogens is 460 g/mol. The summed E-state index contributed by atoms with van der Waals surface area (Å²) in [6.45, 7) is 8.88. The molecule has 3 heterocycles. The minimum Gasteiger partial charge on any atom is -0.335 e. The summed E-state index contributed by atoms with van der Waals surface area (Å²) >= 11 is 0. The largest absolute Gasteiger partial charge is 0.335 e. The number of rotatable bonds is 0. The van der Waals surface area contributed by atoms with Crippen molar-refractivity contribution >= 4 is 0 Å². The van der Waals surface area contributed by atoms with Crippen molar-refractivity contribution in [3.05, 3.63) is 0 Å². The van der Waals surface area contributed by atoms with Crippen LogP contribution in [0, 0.1) is 11.8 Å². The summed E-state index contributed by atoms with van der Waals surface area (Å²) in [4.78, 5) is 3.91. The smallest absolute Gasteiger partial charge is 0.0799 e. The third kappa shape index (κ3) is 16.2. The Labute approximate surface area is 240 Å². The first-order valence-electron chi connectivity index (χ1n) is 18.6. The van der Waals surface area contributed by atoms with E-state index in [0.29, 0.717) is 0 Å². The molecule has 4 atom stereocenters. The molecule has 0 aromatic carbocycles. The van der Waals surface area contributed by atoms with Gasteiger partial charge in [-0.2, -0.15) is 0 Å². The molecule has 0 radical (unpaired) electrons. The summed E-state index contributed by atoms with van der Waals surface area (Å²) in [7, 11) is 0. The number of hydrogen-bond donors (Lipinski definition) is 2. The molecule has 0 amide bonds. The zero-order chi connectivity index (χ0) is 26.4. The highest BCUT2D eigenvalue weighted by Crippen LogP contribution is 2.19. The maximum atomic E-state index is 1.95. The summed E-state index contributed by atoms with van der Waals surface area (Å²) in [5, 5.41) is 0. The Balaban J connectivity index is 1.27. The van der Waals surface area contributed by atoms with Crippen LogP contribution < -0.4 is 9.80 Å². The van der Waals surface area contributed by atoms with Crippen LogP contribution in [0.4, 0.5) is 0 Å². The van der Waals surface area contributed by atoms with Crippen LogP contribution in [0.5, 0.6) is 0 Å². The van der Waals surface area contributed by atoms with E-state index in [-0.39, 0.29) is 0 Å². The van der Waals surface area contributed by atoms with Crippen molar-refractivity contribution in [2.45, 2.75) is 180 Å². The van der Waals surface area contributed by atoms with Gasteiger partial charge in [-0.05, 0) is 64.2 Å². The molecule has 38 heavy (non-hydrogen) atoms. The fourth-order valence-corrected chi connectivity index (χ4v) is 8.25. The fraction of sp³-hybridized carbons (Fsp3) is 1.00. The predicted molar refractivity (Wildman–Crippen MR) is 167 cm³/mol. The highest BCUT2D eigenvalue weighted by Gasteiger charge is 2.23. The van der Waals surface area contributed by atoms with Gasteiger partial charge in [-0.1, -0.05) is 116 Å². The van der Waals surface area contributed by atoms with E-state index in [1.165, 1.54) is 219 Å². The van der Waals surface area contributed by atoms with Crippen LogP contribution in [0.25, 0.3) is 0 Å². The summed E-state index contributed by atoms with van der Waals surface area (Å²) in [5.74, 6) is 2.09. The lowest BCUT2D eigenvalue weighted by molar-refractivity contribution is -0.909. The molecule has 0 spiro atoms. The molecule has 0 aromatic rings.